The van der Waals surface area contributed by atoms with Crippen LogP contribution in [0.25, 0.3) is 0 Å². The third kappa shape index (κ3) is 4.92. The minimum atomic E-state index is 0.0565. The highest BCUT2D eigenvalue weighted by Crippen LogP contribution is 2.18. The summed E-state index contributed by atoms with van der Waals surface area (Å²) >= 11 is 0. The van der Waals surface area contributed by atoms with Gasteiger partial charge in [0, 0.05) is 25.2 Å². The summed E-state index contributed by atoms with van der Waals surface area (Å²) in [5.41, 5.74) is 5.99. The highest BCUT2D eigenvalue weighted by Gasteiger charge is 2.26. The summed E-state index contributed by atoms with van der Waals surface area (Å²) in [6.07, 6.45) is 3.47. The number of piperidine rings is 1. The van der Waals surface area contributed by atoms with Crippen LogP contribution in [0.4, 0.5) is 0 Å². The van der Waals surface area contributed by atoms with E-state index in [0.29, 0.717) is 19.2 Å². The van der Waals surface area contributed by atoms with Crippen molar-refractivity contribution >= 4 is 5.91 Å². The molecule has 5 nitrogen and oxygen atoms in total. The van der Waals surface area contributed by atoms with E-state index in [1.165, 1.54) is 6.42 Å². The second kappa shape index (κ2) is 7.71. The number of methoxy groups -OCH3 is 1. The van der Waals surface area contributed by atoms with Gasteiger partial charge in [-0.15, -0.1) is 0 Å². The van der Waals surface area contributed by atoms with Crippen LogP contribution >= 0.6 is 0 Å². The molecule has 0 aromatic rings. The van der Waals surface area contributed by atoms with Gasteiger partial charge in [-0.05, 0) is 33.2 Å². The molecule has 1 saturated heterocycles. The fourth-order valence-electron chi connectivity index (χ4n) is 2.61. The molecule has 1 aliphatic rings. The SMILES string of the molecule is COCC(C)NC(=O)CN1CCCCC1C(C)N. The normalized spacial score (nSPS) is 24.6. The number of ether oxygens (including phenoxy) is 1. The Hall–Kier alpha value is -0.650. The van der Waals surface area contributed by atoms with Gasteiger partial charge in [0.15, 0.2) is 0 Å². The Balaban J connectivity index is 2.41. The Labute approximate surface area is 110 Å². The third-order valence-corrected chi connectivity index (χ3v) is 3.44. The van der Waals surface area contributed by atoms with E-state index in [9.17, 15) is 4.79 Å². The number of rotatable bonds is 6. The summed E-state index contributed by atoms with van der Waals surface area (Å²) in [5.74, 6) is 0.0621. The Morgan fingerprint density at radius 1 is 1.50 bits per heavy atom. The van der Waals surface area contributed by atoms with Gasteiger partial charge in [-0.25, -0.2) is 0 Å². The van der Waals surface area contributed by atoms with Crippen LogP contribution in [-0.4, -0.2) is 55.7 Å². The van der Waals surface area contributed by atoms with Crippen molar-refractivity contribution in [1.82, 2.24) is 10.2 Å². The standard InChI is InChI=1S/C13H27N3O2/c1-10(9-18-3)15-13(17)8-16-7-5-4-6-12(16)11(2)14/h10-12H,4-9,14H2,1-3H3,(H,15,17). The molecule has 3 N–H and O–H groups in total. The van der Waals surface area contributed by atoms with Crippen LogP contribution in [0.3, 0.4) is 0 Å². The monoisotopic (exact) mass is 257 g/mol. The number of carbonyl (C=O) groups excluding carboxylic acids is 1. The Morgan fingerprint density at radius 3 is 2.83 bits per heavy atom. The molecule has 0 radical (unpaired) electrons. The summed E-state index contributed by atoms with van der Waals surface area (Å²) in [5, 5.41) is 2.94. The zero-order valence-corrected chi connectivity index (χ0v) is 11.8. The number of carbonyl (C=O) groups is 1. The van der Waals surface area contributed by atoms with E-state index < -0.39 is 0 Å². The second-order valence-electron chi connectivity index (χ2n) is 5.32. The average molecular weight is 257 g/mol. The molecule has 1 heterocycles. The van der Waals surface area contributed by atoms with E-state index in [2.05, 4.69) is 10.2 Å². The molecule has 106 valence electrons. The van der Waals surface area contributed by atoms with Gasteiger partial charge in [-0.1, -0.05) is 6.42 Å². The fraction of sp³-hybridized carbons (Fsp3) is 0.923. The van der Waals surface area contributed by atoms with Gasteiger partial charge >= 0.3 is 0 Å². The van der Waals surface area contributed by atoms with E-state index in [4.69, 9.17) is 10.5 Å². The number of nitrogens with one attached hydrogen (secondary N) is 1. The summed E-state index contributed by atoms with van der Waals surface area (Å²) in [7, 11) is 1.64. The van der Waals surface area contributed by atoms with Crippen LogP contribution in [0, 0.1) is 0 Å². The third-order valence-electron chi connectivity index (χ3n) is 3.44. The number of hydrogen-bond donors (Lipinski definition) is 2. The molecular weight excluding hydrogens is 230 g/mol. The lowest BCUT2D eigenvalue weighted by Gasteiger charge is -2.37. The highest BCUT2D eigenvalue weighted by molar-refractivity contribution is 5.78. The van der Waals surface area contributed by atoms with Crippen molar-refractivity contribution in [2.75, 3.05) is 26.8 Å². The molecule has 0 spiro atoms. The first kappa shape index (κ1) is 15.4. The molecule has 0 saturated carbocycles. The maximum absolute atomic E-state index is 11.9. The van der Waals surface area contributed by atoms with Gasteiger partial charge in [0.2, 0.25) is 5.91 Å². The van der Waals surface area contributed by atoms with Gasteiger partial charge in [-0.3, -0.25) is 9.69 Å². The van der Waals surface area contributed by atoms with Crippen molar-refractivity contribution in [2.24, 2.45) is 5.73 Å². The molecule has 1 fully saturated rings. The lowest BCUT2D eigenvalue weighted by molar-refractivity contribution is -0.124. The van der Waals surface area contributed by atoms with Gasteiger partial charge in [0.1, 0.15) is 0 Å². The van der Waals surface area contributed by atoms with Crippen LogP contribution in [0.2, 0.25) is 0 Å². The molecule has 0 aromatic heterocycles. The summed E-state index contributed by atoms with van der Waals surface area (Å²) in [6, 6.07) is 0.512. The summed E-state index contributed by atoms with van der Waals surface area (Å²) in [4.78, 5) is 14.1. The maximum Gasteiger partial charge on any atom is 0.234 e. The average Bonchev–Trinajstić information content (AvgIpc) is 2.29. The Morgan fingerprint density at radius 2 is 2.22 bits per heavy atom. The van der Waals surface area contributed by atoms with Crippen LogP contribution in [0.1, 0.15) is 33.1 Å². The Kier molecular flexibility index (Phi) is 6.60. The largest absolute Gasteiger partial charge is 0.383 e. The molecule has 0 aromatic carbocycles. The molecule has 3 atom stereocenters. The first-order chi connectivity index (χ1) is 8.54. The summed E-state index contributed by atoms with van der Waals surface area (Å²) in [6.45, 7) is 5.93. The molecule has 18 heavy (non-hydrogen) atoms. The molecule has 5 heteroatoms. The molecule has 1 rings (SSSR count). The van der Waals surface area contributed by atoms with E-state index in [0.717, 1.165) is 19.4 Å². The van der Waals surface area contributed by atoms with E-state index in [1.807, 2.05) is 13.8 Å². The Bertz CT molecular complexity index is 259. The predicted octanol–water partition coefficient (Wildman–Crippen LogP) is 0.339. The van der Waals surface area contributed by atoms with Crippen molar-refractivity contribution in [3.05, 3.63) is 0 Å². The van der Waals surface area contributed by atoms with Crippen molar-refractivity contribution in [2.45, 2.75) is 51.2 Å². The number of hydrogen-bond acceptors (Lipinski definition) is 4. The quantitative estimate of drug-likeness (QED) is 0.720. The molecular formula is C13H27N3O2. The van der Waals surface area contributed by atoms with Crippen LogP contribution < -0.4 is 11.1 Å². The minimum Gasteiger partial charge on any atom is -0.383 e. The number of likely N-dealkylation sites (tertiary alicyclic amines) is 1. The fourth-order valence-corrected chi connectivity index (χ4v) is 2.61. The van der Waals surface area contributed by atoms with Gasteiger partial charge in [0.25, 0.3) is 0 Å². The van der Waals surface area contributed by atoms with E-state index >= 15 is 0 Å². The first-order valence-electron chi connectivity index (χ1n) is 6.82. The van der Waals surface area contributed by atoms with Crippen LogP contribution in [0.5, 0.6) is 0 Å². The van der Waals surface area contributed by atoms with Crippen LogP contribution in [-0.2, 0) is 9.53 Å². The van der Waals surface area contributed by atoms with Gasteiger partial charge in [0.05, 0.1) is 13.2 Å². The first-order valence-corrected chi connectivity index (χ1v) is 6.82. The zero-order chi connectivity index (χ0) is 13.5. The molecule has 0 aliphatic carbocycles. The highest BCUT2D eigenvalue weighted by atomic mass is 16.5. The molecule has 0 bridgehead atoms. The molecule has 1 amide bonds. The number of nitrogens with zero attached hydrogens (tertiary/aromatic N) is 1. The zero-order valence-electron chi connectivity index (χ0n) is 11.8. The topological polar surface area (TPSA) is 67.6 Å². The minimum absolute atomic E-state index is 0.0565. The summed E-state index contributed by atoms with van der Waals surface area (Å²) < 4.78 is 5.01. The molecule has 3 unspecified atom stereocenters. The smallest absolute Gasteiger partial charge is 0.234 e. The van der Waals surface area contributed by atoms with Gasteiger partial charge < -0.3 is 15.8 Å². The van der Waals surface area contributed by atoms with Gasteiger partial charge in [-0.2, -0.15) is 0 Å². The number of nitrogens with two attached hydrogens (primary N) is 1. The van der Waals surface area contributed by atoms with Crippen molar-refractivity contribution in [3.63, 3.8) is 0 Å². The van der Waals surface area contributed by atoms with Crippen molar-refractivity contribution < 1.29 is 9.53 Å². The lowest BCUT2D eigenvalue weighted by atomic mass is 9.97. The molecule has 1 aliphatic heterocycles. The number of amides is 1. The van der Waals surface area contributed by atoms with Crippen LogP contribution in [0.15, 0.2) is 0 Å². The maximum atomic E-state index is 11.9. The second-order valence-corrected chi connectivity index (χ2v) is 5.32. The predicted molar refractivity (Wildman–Crippen MR) is 72.3 cm³/mol. The lowest BCUT2D eigenvalue weighted by Crippen LogP contribution is -2.53. The van der Waals surface area contributed by atoms with Crippen molar-refractivity contribution in [1.29, 1.82) is 0 Å². The van der Waals surface area contributed by atoms with E-state index in [-0.39, 0.29) is 18.0 Å². The van der Waals surface area contributed by atoms with E-state index in [1.54, 1.807) is 7.11 Å². The van der Waals surface area contributed by atoms with Crippen molar-refractivity contribution in [3.8, 4) is 0 Å².